The summed E-state index contributed by atoms with van der Waals surface area (Å²) in [6.07, 6.45) is 5.50. The van der Waals surface area contributed by atoms with E-state index < -0.39 is 0 Å². The molecule has 2 aliphatic carbocycles. The average Bonchev–Trinajstić information content (AvgIpc) is 3.89. The number of benzene rings is 6. The topological polar surface area (TPSA) is 77.3 Å². The molecule has 3 unspecified atom stereocenters. The Hall–Kier alpha value is -6.40. The molecule has 6 aromatic carbocycles. The maximum Gasteiger partial charge on any atom is 0.164 e. The standard InChI is InChI=1S/C47H36N6/c1-4-12-32(13-5-1)42-48-43(33-14-6-2-7-15-33)51-46(50-42)39-26-27-40(38-19-11-10-18-37(38)39)47-52-44(34-16-8-3-9-17-34)49-45(53-47)35-24-22-31(23-25-35)41-29-30-20-21-36(41)28-30/h1-19,22-27,30,36,41H,20-21,28-29H2. The van der Waals surface area contributed by atoms with E-state index >= 15 is 0 Å². The summed E-state index contributed by atoms with van der Waals surface area (Å²) in [5, 5.41) is 2.02. The predicted molar refractivity (Wildman–Crippen MR) is 212 cm³/mol. The zero-order valence-electron chi connectivity index (χ0n) is 29.2. The Kier molecular flexibility index (Phi) is 7.86. The SMILES string of the molecule is c1ccc(-c2nc(-c3ccccc3)nc(-c3ccc(-c4nc(-c5ccccc5)nc(-c5ccc(C6CC7CCC6C7)cc5)n4)c4ccccc34)n2)cc1. The van der Waals surface area contributed by atoms with Gasteiger partial charge in [0.1, 0.15) is 0 Å². The fraction of sp³-hybridized carbons (Fsp3) is 0.149. The van der Waals surface area contributed by atoms with Crippen LogP contribution in [0.3, 0.4) is 0 Å². The molecule has 2 aliphatic rings. The van der Waals surface area contributed by atoms with Gasteiger partial charge in [-0.25, -0.2) is 29.9 Å². The molecule has 0 N–H and O–H groups in total. The second-order valence-electron chi connectivity index (χ2n) is 14.3. The van der Waals surface area contributed by atoms with Crippen LogP contribution in [0.5, 0.6) is 0 Å². The highest BCUT2D eigenvalue weighted by Gasteiger charge is 2.40. The quantitative estimate of drug-likeness (QED) is 0.166. The molecule has 0 saturated heterocycles. The van der Waals surface area contributed by atoms with Crippen LogP contribution in [0, 0.1) is 11.8 Å². The summed E-state index contributed by atoms with van der Waals surface area (Å²) in [5.41, 5.74) is 7.09. The molecule has 53 heavy (non-hydrogen) atoms. The van der Waals surface area contributed by atoms with Gasteiger partial charge < -0.3 is 0 Å². The van der Waals surface area contributed by atoms with E-state index in [1.165, 1.54) is 31.2 Å². The highest BCUT2D eigenvalue weighted by molar-refractivity contribution is 6.03. The van der Waals surface area contributed by atoms with Crippen LogP contribution in [0.2, 0.25) is 0 Å². The Labute approximate surface area is 308 Å². The van der Waals surface area contributed by atoms with Gasteiger partial charge in [0.25, 0.3) is 0 Å². The molecule has 0 amide bonds. The summed E-state index contributed by atoms with van der Waals surface area (Å²) < 4.78 is 0. The van der Waals surface area contributed by atoms with Gasteiger partial charge in [0.05, 0.1) is 0 Å². The van der Waals surface area contributed by atoms with Gasteiger partial charge >= 0.3 is 0 Å². The van der Waals surface area contributed by atoms with E-state index in [9.17, 15) is 0 Å². The Balaban J connectivity index is 1.10. The van der Waals surface area contributed by atoms with E-state index in [0.717, 1.165) is 56.0 Å². The van der Waals surface area contributed by atoms with Gasteiger partial charge in [0.15, 0.2) is 34.9 Å². The van der Waals surface area contributed by atoms with Crippen LogP contribution in [0.4, 0.5) is 0 Å². The summed E-state index contributed by atoms with van der Waals surface area (Å²) >= 11 is 0. The molecule has 0 aliphatic heterocycles. The van der Waals surface area contributed by atoms with Crippen molar-refractivity contribution in [1.29, 1.82) is 0 Å². The van der Waals surface area contributed by atoms with E-state index in [0.29, 0.717) is 40.9 Å². The van der Waals surface area contributed by atoms with E-state index in [2.05, 4.69) is 72.8 Å². The summed E-state index contributed by atoms with van der Waals surface area (Å²) in [6, 6.07) is 51.9. The molecule has 10 rings (SSSR count). The fourth-order valence-electron chi connectivity index (χ4n) is 8.49. The van der Waals surface area contributed by atoms with E-state index in [-0.39, 0.29) is 0 Å². The van der Waals surface area contributed by atoms with Crippen LogP contribution in [-0.2, 0) is 0 Å². The summed E-state index contributed by atoms with van der Waals surface area (Å²) in [7, 11) is 0. The van der Waals surface area contributed by atoms with Crippen molar-refractivity contribution in [1.82, 2.24) is 29.9 Å². The van der Waals surface area contributed by atoms with E-state index in [1.54, 1.807) is 0 Å². The smallest absolute Gasteiger partial charge is 0.164 e. The molecule has 2 heterocycles. The van der Waals surface area contributed by atoms with Crippen LogP contribution < -0.4 is 0 Å². The maximum atomic E-state index is 5.16. The van der Waals surface area contributed by atoms with Gasteiger partial charge in [-0.05, 0) is 65.5 Å². The number of nitrogens with zero attached hydrogens (tertiary/aromatic N) is 6. The average molecular weight is 685 g/mol. The molecule has 2 bridgehead atoms. The lowest BCUT2D eigenvalue weighted by atomic mass is 9.83. The second-order valence-corrected chi connectivity index (χ2v) is 14.3. The van der Waals surface area contributed by atoms with Crippen LogP contribution in [0.1, 0.15) is 37.2 Å². The third-order valence-corrected chi connectivity index (χ3v) is 11.1. The first-order valence-corrected chi connectivity index (χ1v) is 18.5. The van der Waals surface area contributed by atoms with Gasteiger partial charge in [0.2, 0.25) is 0 Å². The molecule has 2 saturated carbocycles. The maximum absolute atomic E-state index is 5.16. The second kappa shape index (κ2) is 13.3. The minimum atomic E-state index is 0.609. The molecule has 3 atom stereocenters. The Morgan fingerprint density at radius 1 is 0.340 bits per heavy atom. The third-order valence-electron chi connectivity index (χ3n) is 11.1. The zero-order chi connectivity index (χ0) is 35.1. The van der Waals surface area contributed by atoms with Crippen molar-refractivity contribution in [2.45, 2.75) is 31.6 Å². The molecule has 6 nitrogen and oxygen atoms in total. The van der Waals surface area contributed by atoms with Crippen molar-refractivity contribution in [2.75, 3.05) is 0 Å². The van der Waals surface area contributed by atoms with Gasteiger partial charge in [-0.1, -0.05) is 146 Å². The molecule has 2 aromatic heterocycles. The first-order chi connectivity index (χ1) is 26.2. The van der Waals surface area contributed by atoms with Gasteiger partial charge in [-0.3, -0.25) is 0 Å². The lowest BCUT2D eigenvalue weighted by Gasteiger charge is -2.22. The normalized spacial score (nSPS) is 17.7. The largest absolute Gasteiger partial charge is 0.208 e. The predicted octanol–water partition coefficient (Wildman–Crippen LogP) is 11.1. The number of hydrogen-bond acceptors (Lipinski definition) is 6. The van der Waals surface area contributed by atoms with Crippen molar-refractivity contribution in [2.24, 2.45) is 11.8 Å². The van der Waals surface area contributed by atoms with Gasteiger partial charge in [-0.2, -0.15) is 0 Å². The lowest BCUT2D eigenvalue weighted by molar-refractivity contribution is 0.420. The molecule has 254 valence electrons. The van der Waals surface area contributed by atoms with Crippen molar-refractivity contribution in [3.8, 4) is 68.3 Å². The monoisotopic (exact) mass is 684 g/mol. The number of hydrogen-bond donors (Lipinski definition) is 0. The minimum absolute atomic E-state index is 0.609. The highest BCUT2D eigenvalue weighted by atomic mass is 15.0. The summed E-state index contributed by atoms with van der Waals surface area (Å²) in [5.74, 6) is 6.23. The van der Waals surface area contributed by atoms with Gasteiger partial charge in [0, 0.05) is 33.4 Å². The summed E-state index contributed by atoms with van der Waals surface area (Å²) in [6.45, 7) is 0. The molecule has 8 aromatic rings. The molecule has 6 heteroatoms. The lowest BCUT2D eigenvalue weighted by Crippen LogP contribution is -2.08. The Morgan fingerprint density at radius 3 is 1.13 bits per heavy atom. The van der Waals surface area contributed by atoms with E-state index in [1.807, 2.05) is 78.9 Å². The Morgan fingerprint density at radius 2 is 0.736 bits per heavy atom. The van der Waals surface area contributed by atoms with Crippen LogP contribution in [-0.4, -0.2) is 29.9 Å². The molecular weight excluding hydrogens is 649 g/mol. The number of fused-ring (bicyclic) bond motifs is 3. The highest BCUT2D eigenvalue weighted by Crippen LogP contribution is 2.53. The minimum Gasteiger partial charge on any atom is -0.208 e. The number of aromatic nitrogens is 6. The molecular formula is C47H36N6. The van der Waals surface area contributed by atoms with Crippen molar-refractivity contribution in [3.63, 3.8) is 0 Å². The van der Waals surface area contributed by atoms with Gasteiger partial charge in [-0.15, -0.1) is 0 Å². The van der Waals surface area contributed by atoms with Crippen LogP contribution in [0.25, 0.3) is 79.1 Å². The molecule has 0 radical (unpaired) electrons. The first kappa shape index (κ1) is 31.3. The zero-order valence-corrected chi connectivity index (χ0v) is 29.2. The third kappa shape index (κ3) is 5.96. The van der Waals surface area contributed by atoms with Crippen LogP contribution >= 0.6 is 0 Å². The molecule has 2 fully saturated rings. The molecule has 0 spiro atoms. The van der Waals surface area contributed by atoms with Crippen LogP contribution in [0.15, 0.2) is 152 Å². The van der Waals surface area contributed by atoms with Crippen molar-refractivity contribution >= 4 is 10.8 Å². The van der Waals surface area contributed by atoms with Crippen molar-refractivity contribution < 1.29 is 0 Å². The number of rotatable bonds is 7. The first-order valence-electron chi connectivity index (χ1n) is 18.5. The summed E-state index contributed by atoms with van der Waals surface area (Å²) in [4.78, 5) is 30.3. The fourth-order valence-corrected chi connectivity index (χ4v) is 8.49. The van der Waals surface area contributed by atoms with Crippen molar-refractivity contribution in [3.05, 3.63) is 157 Å². The Bertz CT molecular complexity index is 2510. The van der Waals surface area contributed by atoms with E-state index in [4.69, 9.17) is 29.9 Å².